The van der Waals surface area contributed by atoms with Gasteiger partial charge < -0.3 is 5.32 Å². The molecule has 94 valence electrons. The molecule has 1 aromatic rings. The molecule has 1 N–H and O–H groups in total. The lowest BCUT2D eigenvalue weighted by Crippen LogP contribution is -2.29. The van der Waals surface area contributed by atoms with Crippen molar-refractivity contribution < 1.29 is 0 Å². The summed E-state index contributed by atoms with van der Waals surface area (Å²) in [6, 6.07) is 6.17. The predicted octanol–water partition coefficient (Wildman–Crippen LogP) is 5.37. The maximum absolute atomic E-state index is 6.16. The summed E-state index contributed by atoms with van der Waals surface area (Å²) in [5.41, 5.74) is 1.50. The molecule has 17 heavy (non-hydrogen) atoms. The minimum absolute atomic E-state index is 0.502. The number of anilines is 1. The standard InChI is InChI=1S/C14H19Cl2N/c1-14(2)7-5-11(6-8-14)17-13-4-3-10(15)9-12(13)16/h3-4,9,11,17H,5-8H2,1-2H3. The summed E-state index contributed by atoms with van der Waals surface area (Å²) in [4.78, 5) is 0. The van der Waals surface area contributed by atoms with E-state index in [1.807, 2.05) is 12.1 Å². The van der Waals surface area contributed by atoms with Crippen molar-refractivity contribution in [2.75, 3.05) is 5.32 Å². The SMILES string of the molecule is CC1(C)CCC(Nc2ccc(Cl)cc2Cl)CC1. The molecule has 1 fully saturated rings. The second kappa shape index (κ2) is 5.07. The van der Waals surface area contributed by atoms with Gasteiger partial charge in [0.05, 0.1) is 10.7 Å². The highest BCUT2D eigenvalue weighted by Crippen LogP contribution is 2.37. The molecule has 3 heteroatoms. The van der Waals surface area contributed by atoms with Crippen LogP contribution in [0.2, 0.25) is 10.0 Å². The normalized spacial score (nSPS) is 20.2. The second-order valence-corrected chi connectivity index (χ2v) is 6.55. The van der Waals surface area contributed by atoms with Gasteiger partial charge in [0.2, 0.25) is 0 Å². The van der Waals surface area contributed by atoms with Gasteiger partial charge in [-0.3, -0.25) is 0 Å². The summed E-state index contributed by atoms with van der Waals surface area (Å²) in [6.45, 7) is 4.69. The van der Waals surface area contributed by atoms with Crippen LogP contribution in [0.3, 0.4) is 0 Å². The van der Waals surface area contributed by atoms with Gasteiger partial charge in [0.1, 0.15) is 0 Å². The molecule has 0 atom stereocenters. The van der Waals surface area contributed by atoms with Gasteiger partial charge in [0, 0.05) is 11.1 Å². The van der Waals surface area contributed by atoms with E-state index in [4.69, 9.17) is 23.2 Å². The Morgan fingerprint density at radius 2 is 1.82 bits per heavy atom. The molecular weight excluding hydrogens is 253 g/mol. The van der Waals surface area contributed by atoms with Crippen molar-refractivity contribution >= 4 is 28.9 Å². The van der Waals surface area contributed by atoms with Crippen LogP contribution in [0.5, 0.6) is 0 Å². The molecule has 0 heterocycles. The minimum atomic E-state index is 0.502. The van der Waals surface area contributed by atoms with Crippen molar-refractivity contribution in [3.63, 3.8) is 0 Å². The highest BCUT2D eigenvalue weighted by molar-refractivity contribution is 6.36. The van der Waals surface area contributed by atoms with E-state index < -0.39 is 0 Å². The molecule has 1 aliphatic carbocycles. The third-order valence-corrected chi connectivity index (χ3v) is 4.18. The van der Waals surface area contributed by atoms with Gasteiger partial charge in [-0.15, -0.1) is 0 Å². The minimum Gasteiger partial charge on any atom is -0.381 e. The second-order valence-electron chi connectivity index (χ2n) is 5.71. The van der Waals surface area contributed by atoms with Crippen LogP contribution in [0.1, 0.15) is 39.5 Å². The Morgan fingerprint density at radius 3 is 2.41 bits per heavy atom. The van der Waals surface area contributed by atoms with E-state index in [1.165, 1.54) is 25.7 Å². The van der Waals surface area contributed by atoms with Crippen LogP contribution in [0.25, 0.3) is 0 Å². The van der Waals surface area contributed by atoms with Crippen LogP contribution < -0.4 is 5.32 Å². The van der Waals surface area contributed by atoms with E-state index in [0.29, 0.717) is 21.5 Å². The van der Waals surface area contributed by atoms with Crippen molar-refractivity contribution in [2.24, 2.45) is 5.41 Å². The molecule has 1 saturated carbocycles. The molecule has 1 aromatic carbocycles. The Hall–Kier alpha value is -0.400. The number of halogens is 2. The van der Waals surface area contributed by atoms with Crippen LogP contribution >= 0.6 is 23.2 Å². The van der Waals surface area contributed by atoms with Crippen molar-refractivity contribution in [1.82, 2.24) is 0 Å². The van der Waals surface area contributed by atoms with Gasteiger partial charge in [-0.05, 0) is 49.3 Å². The van der Waals surface area contributed by atoms with E-state index >= 15 is 0 Å². The predicted molar refractivity (Wildman–Crippen MR) is 76.1 cm³/mol. The number of hydrogen-bond acceptors (Lipinski definition) is 1. The van der Waals surface area contributed by atoms with Crippen LogP contribution in [-0.4, -0.2) is 6.04 Å². The Morgan fingerprint density at radius 1 is 1.18 bits per heavy atom. The van der Waals surface area contributed by atoms with Gasteiger partial charge in [-0.25, -0.2) is 0 Å². The van der Waals surface area contributed by atoms with Crippen molar-refractivity contribution in [2.45, 2.75) is 45.6 Å². The largest absolute Gasteiger partial charge is 0.381 e. The molecule has 0 saturated heterocycles. The molecule has 0 spiro atoms. The first-order valence-electron chi connectivity index (χ1n) is 6.18. The smallest absolute Gasteiger partial charge is 0.0652 e. The van der Waals surface area contributed by atoms with Crippen molar-refractivity contribution in [1.29, 1.82) is 0 Å². The van der Waals surface area contributed by atoms with Crippen LogP contribution in [0.4, 0.5) is 5.69 Å². The molecule has 1 aliphatic rings. The van der Waals surface area contributed by atoms with Gasteiger partial charge in [-0.2, -0.15) is 0 Å². The van der Waals surface area contributed by atoms with Gasteiger partial charge in [0.15, 0.2) is 0 Å². The lowest BCUT2D eigenvalue weighted by Gasteiger charge is -2.35. The Kier molecular flexibility index (Phi) is 3.89. The first kappa shape index (κ1) is 13.0. The lowest BCUT2D eigenvalue weighted by molar-refractivity contribution is 0.232. The first-order valence-corrected chi connectivity index (χ1v) is 6.93. The third-order valence-electron chi connectivity index (χ3n) is 3.63. The zero-order valence-electron chi connectivity index (χ0n) is 10.4. The topological polar surface area (TPSA) is 12.0 Å². The Balaban J connectivity index is 1.98. The summed E-state index contributed by atoms with van der Waals surface area (Å²) >= 11 is 12.0. The van der Waals surface area contributed by atoms with Crippen LogP contribution in [0.15, 0.2) is 18.2 Å². The summed E-state index contributed by atoms with van der Waals surface area (Å²) in [6.07, 6.45) is 4.98. The van der Waals surface area contributed by atoms with E-state index in [1.54, 1.807) is 6.07 Å². The molecule has 0 amide bonds. The number of hydrogen-bond donors (Lipinski definition) is 1. The average molecular weight is 272 g/mol. The van der Waals surface area contributed by atoms with Crippen molar-refractivity contribution in [3.8, 4) is 0 Å². The maximum atomic E-state index is 6.16. The maximum Gasteiger partial charge on any atom is 0.0652 e. The summed E-state index contributed by atoms with van der Waals surface area (Å²) in [5.74, 6) is 0. The first-order chi connectivity index (χ1) is 7.96. The zero-order chi connectivity index (χ0) is 12.5. The molecule has 0 aliphatic heterocycles. The monoisotopic (exact) mass is 271 g/mol. The summed E-state index contributed by atoms with van der Waals surface area (Å²) < 4.78 is 0. The van der Waals surface area contributed by atoms with Crippen molar-refractivity contribution in [3.05, 3.63) is 28.2 Å². The van der Waals surface area contributed by atoms with E-state index in [2.05, 4.69) is 19.2 Å². The fraction of sp³-hybridized carbons (Fsp3) is 0.571. The lowest BCUT2D eigenvalue weighted by atomic mass is 9.75. The molecule has 0 radical (unpaired) electrons. The molecule has 2 rings (SSSR count). The van der Waals surface area contributed by atoms with Gasteiger partial charge in [-0.1, -0.05) is 37.0 Å². The number of benzene rings is 1. The highest BCUT2D eigenvalue weighted by Gasteiger charge is 2.26. The third kappa shape index (κ3) is 3.53. The Labute approximate surface area is 114 Å². The highest BCUT2D eigenvalue weighted by atomic mass is 35.5. The van der Waals surface area contributed by atoms with Gasteiger partial charge in [0.25, 0.3) is 0 Å². The molecule has 0 bridgehead atoms. The van der Waals surface area contributed by atoms with Gasteiger partial charge >= 0.3 is 0 Å². The Bertz CT molecular complexity index is 391. The van der Waals surface area contributed by atoms with Crippen LogP contribution in [0, 0.1) is 5.41 Å². The van der Waals surface area contributed by atoms with E-state index in [-0.39, 0.29) is 0 Å². The quantitative estimate of drug-likeness (QED) is 0.762. The van der Waals surface area contributed by atoms with Crippen LogP contribution in [-0.2, 0) is 0 Å². The summed E-state index contributed by atoms with van der Waals surface area (Å²) in [7, 11) is 0. The fourth-order valence-electron chi connectivity index (χ4n) is 2.37. The molecule has 0 aromatic heterocycles. The zero-order valence-corrected chi connectivity index (χ0v) is 11.9. The average Bonchev–Trinajstić information content (AvgIpc) is 2.25. The molecule has 1 nitrogen and oxygen atoms in total. The fourth-order valence-corrected chi connectivity index (χ4v) is 2.83. The molecule has 0 unspecified atom stereocenters. The molecular formula is C14H19Cl2N. The van der Waals surface area contributed by atoms with E-state index in [0.717, 1.165) is 5.69 Å². The van der Waals surface area contributed by atoms with E-state index in [9.17, 15) is 0 Å². The summed E-state index contributed by atoms with van der Waals surface area (Å²) in [5, 5.41) is 4.92. The number of rotatable bonds is 2. The number of nitrogens with one attached hydrogen (secondary N) is 1.